The van der Waals surface area contributed by atoms with Crippen LogP contribution in [0.3, 0.4) is 0 Å². The van der Waals surface area contributed by atoms with Crippen molar-refractivity contribution in [2.75, 3.05) is 46.1 Å². The minimum Gasteiger partial charge on any atom is -0.379 e. The van der Waals surface area contributed by atoms with Gasteiger partial charge in [-0.25, -0.2) is 0 Å². The molecule has 0 amide bonds. The number of aliphatic imine (C=N–C) groups is 1. The SMILES string of the molecule is CCCCOCCOCCN=C(N)N1CCCCC1. The molecule has 1 fully saturated rings. The molecule has 0 atom stereocenters. The Kier molecular flexibility index (Phi) is 9.45. The van der Waals surface area contributed by atoms with Crippen molar-refractivity contribution in [3.05, 3.63) is 0 Å². The van der Waals surface area contributed by atoms with Crippen LogP contribution in [0.1, 0.15) is 39.0 Å². The minimum absolute atomic E-state index is 0.617. The van der Waals surface area contributed by atoms with Gasteiger partial charge in [0.25, 0.3) is 0 Å². The van der Waals surface area contributed by atoms with Crippen LogP contribution in [0.25, 0.3) is 0 Å². The maximum Gasteiger partial charge on any atom is 0.191 e. The number of guanidine groups is 1. The highest BCUT2D eigenvalue weighted by Crippen LogP contribution is 2.07. The van der Waals surface area contributed by atoms with E-state index in [4.69, 9.17) is 15.2 Å². The molecule has 0 bridgehead atoms. The van der Waals surface area contributed by atoms with Gasteiger partial charge in [0.2, 0.25) is 0 Å². The Hall–Kier alpha value is -0.810. The first-order valence-corrected chi connectivity index (χ1v) is 7.55. The summed E-state index contributed by atoms with van der Waals surface area (Å²) in [7, 11) is 0. The number of piperidine rings is 1. The first-order valence-electron chi connectivity index (χ1n) is 7.55. The molecular formula is C14H29N3O2. The molecule has 112 valence electrons. The molecule has 1 heterocycles. The monoisotopic (exact) mass is 271 g/mol. The summed E-state index contributed by atoms with van der Waals surface area (Å²) in [4.78, 5) is 6.51. The standard InChI is InChI=1S/C14H29N3O2/c1-2-3-10-18-12-13-19-11-7-16-14(15)17-8-5-4-6-9-17/h2-13H2,1H3,(H2,15,16). The Morgan fingerprint density at radius 1 is 1.05 bits per heavy atom. The lowest BCUT2D eigenvalue weighted by atomic mass is 10.1. The van der Waals surface area contributed by atoms with E-state index in [0.717, 1.165) is 26.1 Å². The quantitative estimate of drug-likeness (QED) is 0.393. The van der Waals surface area contributed by atoms with Crippen LogP contribution in [-0.4, -0.2) is 56.9 Å². The number of likely N-dealkylation sites (tertiary alicyclic amines) is 1. The van der Waals surface area contributed by atoms with Crippen molar-refractivity contribution in [1.82, 2.24) is 4.90 Å². The molecule has 1 aliphatic rings. The molecule has 0 aromatic heterocycles. The number of hydrogen-bond acceptors (Lipinski definition) is 3. The Labute approximate surface area is 117 Å². The molecule has 0 aromatic carbocycles. The number of ether oxygens (including phenoxy) is 2. The van der Waals surface area contributed by atoms with Crippen molar-refractivity contribution < 1.29 is 9.47 Å². The third kappa shape index (κ3) is 8.06. The number of nitrogens with two attached hydrogens (primary N) is 1. The molecule has 0 spiro atoms. The summed E-state index contributed by atoms with van der Waals surface area (Å²) in [6, 6.07) is 0. The topological polar surface area (TPSA) is 60.1 Å². The van der Waals surface area contributed by atoms with E-state index in [1.54, 1.807) is 0 Å². The number of unbranched alkanes of at least 4 members (excludes halogenated alkanes) is 1. The fraction of sp³-hybridized carbons (Fsp3) is 0.929. The number of nitrogens with zero attached hydrogens (tertiary/aromatic N) is 2. The lowest BCUT2D eigenvalue weighted by Crippen LogP contribution is -2.41. The van der Waals surface area contributed by atoms with E-state index in [9.17, 15) is 0 Å². The van der Waals surface area contributed by atoms with Gasteiger partial charge in [0.1, 0.15) is 0 Å². The van der Waals surface area contributed by atoms with Gasteiger partial charge in [0.05, 0.1) is 26.4 Å². The van der Waals surface area contributed by atoms with Crippen LogP contribution in [-0.2, 0) is 9.47 Å². The molecule has 1 saturated heterocycles. The van der Waals surface area contributed by atoms with Crippen LogP contribution >= 0.6 is 0 Å². The summed E-state index contributed by atoms with van der Waals surface area (Å²) in [5, 5.41) is 0. The second kappa shape index (κ2) is 11.1. The predicted molar refractivity (Wildman–Crippen MR) is 78.5 cm³/mol. The second-order valence-electron chi connectivity index (χ2n) is 4.87. The van der Waals surface area contributed by atoms with Crippen molar-refractivity contribution >= 4 is 5.96 Å². The molecule has 0 radical (unpaired) electrons. The molecule has 1 aliphatic heterocycles. The van der Waals surface area contributed by atoms with E-state index in [0.29, 0.717) is 32.3 Å². The highest BCUT2D eigenvalue weighted by atomic mass is 16.5. The van der Waals surface area contributed by atoms with Crippen LogP contribution in [0.5, 0.6) is 0 Å². The van der Waals surface area contributed by atoms with Crippen LogP contribution < -0.4 is 5.73 Å². The second-order valence-corrected chi connectivity index (χ2v) is 4.87. The van der Waals surface area contributed by atoms with E-state index < -0.39 is 0 Å². The molecule has 0 saturated carbocycles. The molecule has 5 heteroatoms. The zero-order chi connectivity index (χ0) is 13.8. The first kappa shape index (κ1) is 16.2. The van der Waals surface area contributed by atoms with Gasteiger partial charge in [-0.15, -0.1) is 0 Å². The van der Waals surface area contributed by atoms with Gasteiger partial charge in [-0.05, 0) is 25.7 Å². The molecule has 2 N–H and O–H groups in total. The van der Waals surface area contributed by atoms with Gasteiger partial charge in [-0.1, -0.05) is 13.3 Å². The summed E-state index contributed by atoms with van der Waals surface area (Å²) in [6.45, 7) is 7.64. The molecular weight excluding hydrogens is 242 g/mol. The van der Waals surface area contributed by atoms with Crippen molar-refractivity contribution in [2.24, 2.45) is 10.7 Å². The molecule has 19 heavy (non-hydrogen) atoms. The highest BCUT2D eigenvalue weighted by molar-refractivity contribution is 5.78. The zero-order valence-electron chi connectivity index (χ0n) is 12.3. The average Bonchev–Trinajstić information content (AvgIpc) is 2.46. The zero-order valence-corrected chi connectivity index (χ0v) is 12.3. The van der Waals surface area contributed by atoms with Crippen LogP contribution in [0.15, 0.2) is 4.99 Å². The van der Waals surface area contributed by atoms with Crippen molar-refractivity contribution in [2.45, 2.75) is 39.0 Å². The maximum atomic E-state index is 5.94. The Morgan fingerprint density at radius 2 is 1.74 bits per heavy atom. The minimum atomic E-state index is 0.617. The average molecular weight is 271 g/mol. The van der Waals surface area contributed by atoms with E-state index >= 15 is 0 Å². The smallest absolute Gasteiger partial charge is 0.191 e. The highest BCUT2D eigenvalue weighted by Gasteiger charge is 2.11. The normalized spacial score (nSPS) is 16.9. The van der Waals surface area contributed by atoms with Gasteiger partial charge in [0.15, 0.2) is 5.96 Å². The lowest BCUT2D eigenvalue weighted by molar-refractivity contribution is 0.0497. The fourth-order valence-corrected chi connectivity index (χ4v) is 2.02. The Bertz CT molecular complexity index is 241. The van der Waals surface area contributed by atoms with Crippen LogP contribution in [0.2, 0.25) is 0 Å². The maximum absolute atomic E-state index is 5.94. The van der Waals surface area contributed by atoms with E-state index in [1.165, 1.54) is 25.7 Å². The molecule has 5 nitrogen and oxygen atoms in total. The van der Waals surface area contributed by atoms with Gasteiger partial charge in [-0.2, -0.15) is 0 Å². The van der Waals surface area contributed by atoms with Crippen LogP contribution in [0.4, 0.5) is 0 Å². The van der Waals surface area contributed by atoms with Crippen molar-refractivity contribution in [1.29, 1.82) is 0 Å². The van der Waals surface area contributed by atoms with E-state index in [1.807, 2.05) is 0 Å². The largest absolute Gasteiger partial charge is 0.379 e. The Morgan fingerprint density at radius 3 is 2.42 bits per heavy atom. The van der Waals surface area contributed by atoms with Gasteiger partial charge in [0, 0.05) is 19.7 Å². The van der Waals surface area contributed by atoms with Crippen molar-refractivity contribution in [3.63, 3.8) is 0 Å². The summed E-state index contributed by atoms with van der Waals surface area (Å²) in [5.74, 6) is 0.669. The van der Waals surface area contributed by atoms with Crippen LogP contribution in [0, 0.1) is 0 Å². The van der Waals surface area contributed by atoms with Gasteiger partial charge < -0.3 is 20.1 Å². The number of hydrogen-bond donors (Lipinski definition) is 1. The molecule has 0 unspecified atom stereocenters. The third-order valence-corrected chi connectivity index (χ3v) is 3.20. The summed E-state index contributed by atoms with van der Waals surface area (Å²) in [6.07, 6.45) is 6.05. The lowest BCUT2D eigenvalue weighted by Gasteiger charge is -2.27. The third-order valence-electron chi connectivity index (χ3n) is 3.20. The predicted octanol–water partition coefficient (Wildman–Crippen LogP) is 1.62. The van der Waals surface area contributed by atoms with E-state index in [-0.39, 0.29) is 0 Å². The van der Waals surface area contributed by atoms with Gasteiger partial charge in [-0.3, -0.25) is 4.99 Å². The summed E-state index contributed by atoms with van der Waals surface area (Å²) >= 11 is 0. The van der Waals surface area contributed by atoms with Gasteiger partial charge >= 0.3 is 0 Å². The Balaban J connectivity index is 1.94. The molecule has 0 aromatic rings. The molecule has 1 rings (SSSR count). The fourth-order valence-electron chi connectivity index (χ4n) is 2.02. The molecule has 0 aliphatic carbocycles. The summed E-state index contributed by atoms with van der Waals surface area (Å²) < 4.78 is 10.8. The van der Waals surface area contributed by atoms with Crippen molar-refractivity contribution in [3.8, 4) is 0 Å². The van der Waals surface area contributed by atoms with E-state index in [2.05, 4.69) is 16.8 Å². The summed E-state index contributed by atoms with van der Waals surface area (Å²) in [5.41, 5.74) is 5.94. The first-order chi connectivity index (χ1) is 9.34. The number of rotatable bonds is 9.